The van der Waals surface area contributed by atoms with Crippen LogP contribution in [0.15, 0.2) is 12.2 Å². The molecule has 0 heterocycles. The van der Waals surface area contributed by atoms with Crippen LogP contribution in [0, 0.1) is 0 Å². The number of carbonyl (C=O) groups is 1. The number of hydrogen-bond donors (Lipinski definition) is 1. The first kappa shape index (κ1) is 20.2. The third kappa shape index (κ3) is 15.4. The highest BCUT2D eigenvalue weighted by molar-refractivity contribution is 5.66. The van der Waals surface area contributed by atoms with E-state index in [0.29, 0.717) is 6.61 Å². The van der Waals surface area contributed by atoms with E-state index in [9.17, 15) is 4.79 Å². The highest BCUT2D eigenvalue weighted by atomic mass is 16.5. The van der Waals surface area contributed by atoms with Gasteiger partial charge in [0.25, 0.3) is 0 Å². The van der Waals surface area contributed by atoms with Crippen molar-refractivity contribution in [3.05, 3.63) is 12.2 Å². The highest BCUT2D eigenvalue weighted by Crippen LogP contribution is 2.13. The van der Waals surface area contributed by atoms with Crippen molar-refractivity contribution in [3.8, 4) is 0 Å². The molecule has 0 bridgehead atoms. The van der Waals surface area contributed by atoms with Crippen molar-refractivity contribution in [1.82, 2.24) is 0 Å². The molecule has 0 aromatic rings. The summed E-state index contributed by atoms with van der Waals surface area (Å²) in [7, 11) is 0. The molecule has 0 aromatic carbocycles. The maximum Gasteiger partial charge on any atom is 0.302 e. The molecule has 124 valence electrons. The summed E-state index contributed by atoms with van der Waals surface area (Å²) in [4.78, 5) is 11.1. The van der Waals surface area contributed by atoms with E-state index in [-0.39, 0.29) is 12.1 Å². The fourth-order valence-electron chi connectivity index (χ4n) is 2.35. The topological polar surface area (TPSA) is 46.5 Å². The van der Waals surface area contributed by atoms with E-state index in [2.05, 4.69) is 19.1 Å². The summed E-state index contributed by atoms with van der Waals surface area (Å²) in [5.41, 5.74) is 0. The van der Waals surface area contributed by atoms with Crippen LogP contribution in [0.2, 0.25) is 0 Å². The van der Waals surface area contributed by atoms with Gasteiger partial charge in [-0.2, -0.15) is 0 Å². The third-order valence-electron chi connectivity index (χ3n) is 3.56. The summed E-state index contributed by atoms with van der Waals surface area (Å²) in [5, 5.41) is 8.69. The highest BCUT2D eigenvalue weighted by Gasteiger charge is 2.09. The van der Waals surface area contributed by atoms with Crippen LogP contribution >= 0.6 is 0 Å². The number of aliphatic hydroxyl groups is 1. The lowest BCUT2D eigenvalue weighted by atomic mass is 10.1. The number of rotatable bonds is 14. The van der Waals surface area contributed by atoms with E-state index in [4.69, 9.17) is 9.84 Å². The zero-order chi connectivity index (χ0) is 15.8. The summed E-state index contributed by atoms with van der Waals surface area (Å²) in [6.45, 7) is 3.99. The van der Waals surface area contributed by atoms with Gasteiger partial charge in [-0.05, 0) is 32.1 Å². The smallest absolute Gasteiger partial charge is 0.302 e. The molecule has 0 fully saturated rings. The number of hydrogen-bond acceptors (Lipinski definition) is 3. The molecule has 3 heteroatoms. The Morgan fingerprint density at radius 3 is 2.43 bits per heavy atom. The fraction of sp³-hybridized carbons (Fsp3) is 0.833. The minimum Gasteiger partial charge on any atom is -0.462 e. The predicted molar refractivity (Wildman–Crippen MR) is 88.2 cm³/mol. The Labute approximate surface area is 130 Å². The summed E-state index contributed by atoms with van der Waals surface area (Å²) in [6, 6.07) is 0. The molecule has 1 unspecified atom stereocenters. The van der Waals surface area contributed by atoms with Crippen molar-refractivity contribution in [2.24, 2.45) is 0 Å². The zero-order valence-electron chi connectivity index (χ0n) is 14.0. The second-order valence-corrected chi connectivity index (χ2v) is 5.71. The van der Waals surface area contributed by atoms with E-state index in [1.807, 2.05) is 0 Å². The van der Waals surface area contributed by atoms with E-state index >= 15 is 0 Å². The van der Waals surface area contributed by atoms with Gasteiger partial charge in [-0.1, -0.05) is 51.2 Å². The molecule has 0 aliphatic rings. The summed E-state index contributed by atoms with van der Waals surface area (Å²) in [5.74, 6) is -0.173. The number of ether oxygens (including phenoxy) is 1. The average molecular weight is 298 g/mol. The molecule has 0 saturated carbocycles. The molecule has 1 N–H and O–H groups in total. The van der Waals surface area contributed by atoms with Crippen LogP contribution in [-0.4, -0.2) is 23.8 Å². The summed E-state index contributed by atoms with van der Waals surface area (Å²) < 4.78 is 5.37. The van der Waals surface area contributed by atoms with Gasteiger partial charge in [0.1, 0.15) is 6.10 Å². The van der Waals surface area contributed by atoms with Crippen LogP contribution in [0.25, 0.3) is 0 Å². The molecule has 1 atom stereocenters. The SMILES string of the molecule is CCCCCCC(C/C=C\CCCCCCO)OC(C)=O. The van der Waals surface area contributed by atoms with Crippen molar-refractivity contribution in [1.29, 1.82) is 0 Å². The first-order valence-corrected chi connectivity index (χ1v) is 8.63. The van der Waals surface area contributed by atoms with Gasteiger partial charge < -0.3 is 9.84 Å². The van der Waals surface area contributed by atoms with Crippen LogP contribution < -0.4 is 0 Å². The molecule has 3 nitrogen and oxygen atoms in total. The van der Waals surface area contributed by atoms with Gasteiger partial charge in [-0.3, -0.25) is 4.79 Å². The maximum atomic E-state index is 11.1. The number of aliphatic hydroxyl groups excluding tert-OH is 1. The van der Waals surface area contributed by atoms with Gasteiger partial charge in [-0.25, -0.2) is 0 Å². The second kappa shape index (κ2) is 15.6. The lowest BCUT2D eigenvalue weighted by Crippen LogP contribution is -2.15. The molecule has 0 aromatic heterocycles. The minimum absolute atomic E-state index is 0.0463. The van der Waals surface area contributed by atoms with Crippen LogP contribution in [0.4, 0.5) is 0 Å². The molecule has 0 amide bonds. The quantitative estimate of drug-likeness (QED) is 0.285. The van der Waals surface area contributed by atoms with E-state index in [1.165, 1.54) is 39.0 Å². The van der Waals surface area contributed by atoms with Gasteiger partial charge in [0, 0.05) is 20.0 Å². The predicted octanol–water partition coefficient (Wildman–Crippen LogP) is 4.78. The number of allylic oxidation sites excluding steroid dienone is 1. The van der Waals surface area contributed by atoms with Crippen LogP contribution in [-0.2, 0) is 9.53 Å². The lowest BCUT2D eigenvalue weighted by Gasteiger charge is -2.15. The average Bonchev–Trinajstić information content (AvgIpc) is 2.45. The molecule has 0 aliphatic heterocycles. The molecule has 0 saturated heterocycles. The Balaban J connectivity index is 3.75. The fourth-order valence-corrected chi connectivity index (χ4v) is 2.35. The van der Waals surface area contributed by atoms with Crippen LogP contribution in [0.5, 0.6) is 0 Å². The van der Waals surface area contributed by atoms with Crippen molar-refractivity contribution in [2.75, 3.05) is 6.61 Å². The Hall–Kier alpha value is -0.830. The van der Waals surface area contributed by atoms with Crippen LogP contribution in [0.1, 0.15) is 84.5 Å². The standard InChI is InChI=1S/C18H34O3/c1-3-4-5-11-14-18(21-17(2)20)15-12-9-7-6-8-10-13-16-19/h9,12,18-19H,3-8,10-11,13-16H2,1-2H3/b12-9-. The molecule has 21 heavy (non-hydrogen) atoms. The van der Waals surface area contributed by atoms with Gasteiger partial charge in [-0.15, -0.1) is 0 Å². The van der Waals surface area contributed by atoms with E-state index in [1.54, 1.807) is 0 Å². The van der Waals surface area contributed by atoms with Gasteiger partial charge >= 0.3 is 5.97 Å². The summed E-state index contributed by atoms with van der Waals surface area (Å²) >= 11 is 0. The monoisotopic (exact) mass is 298 g/mol. The van der Waals surface area contributed by atoms with Crippen LogP contribution in [0.3, 0.4) is 0 Å². The minimum atomic E-state index is -0.173. The molecular weight excluding hydrogens is 264 g/mol. The maximum absolute atomic E-state index is 11.1. The zero-order valence-corrected chi connectivity index (χ0v) is 14.0. The van der Waals surface area contributed by atoms with E-state index < -0.39 is 0 Å². The Morgan fingerprint density at radius 1 is 1.05 bits per heavy atom. The number of unbranched alkanes of at least 4 members (excludes halogenated alkanes) is 7. The Kier molecular flexibility index (Phi) is 14.9. The first-order chi connectivity index (χ1) is 10.2. The number of carbonyl (C=O) groups excluding carboxylic acids is 1. The van der Waals surface area contributed by atoms with Crippen molar-refractivity contribution >= 4 is 5.97 Å². The molecule has 0 rings (SSSR count). The van der Waals surface area contributed by atoms with Crippen molar-refractivity contribution < 1.29 is 14.6 Å². The molecule has 0 radical (unpaired) electrons. The van der Waals surface area contributed by atoms with Crippen molar-refractivity contribution in [3.63, 3.8) is 0 Å². The Bertz CT molecular complexity index is 261. The molecular formula is C18H34O3. The summed E-state index contributed by atoms with van der Waals surface area (Å²) in [6.07, 6.45) is 16.5. The lowest BCUT2D eigenvalue weighted by molar-refractivity contribution is -0.146. The Morgan fingerprint density at radius 2 is 1.76 bits per heavy atom. The first-order valence-electron chi connectivity index (χ1n) is 8.63. The van der Waals surface area contributed by atoms with Gasteiger partial charge in [0.05, 0.1) is 0 Å². The molecule has 0 aliphatic carbocycles. The van der Waals surface area contributed by atoms with E-state index in [0.717, 1.165) is 38.5 Å². The second-order valence-electron chi connectivity index (χ2n) is 5.71. The number of esters is 1. The normalized spacial score (nSPS) is 12.7. The van der Waals surface area contributed by atoms with Gasteiger partial charge in [0.15, 0.2) is 0 Å². The third-order valence-corrected chi connectivity index (χ3v) is 3.56. The molecule has 0 spiro atoms. The van der Waals surface area contributed by atoms with Crippen molar-refractivity contribution in [2.45, 2.75) is 90.6 Å². The van der Waals surface area contributed by atoms with Gasteiger partial charge in [0.2, 0.25) is 0 Å². The largest absolute Gasteiger partial charge is 0.462 e.